The number of aromatic amines is 1. The number of benzene rings is 4. The van der Waals surface area contributed by atoms with E-state index in [0.717, 1.165) is 62.0 Å². The SMILES string of the molecule is Cc1cccc2c(O)cc3c(c12)C(CCl)CN3C(=O)c1ccc2[nH]c(-c3ccc(OCCN(C)C)cc3)cc2c1. The van der Waals surface area contributed by atoms with E-state index in [9.17, 15) is 9.90 Å². The first-order valence-corrected chi connectivity index (χ1v) is 14.0. The van der Waals surface area contributed by atoms with Gasteiger partial charge >= 0.3 is 0 Å². The van der Waals surface area contributed by atoms with Crippen LogP contribution in [0.5, 0.6) is 11.5 Å². The van der Waals surface area contributed by atoms with Crippen LogP contribution in [0.2, 0.25) is 0 Å². The average molecular weight is 554 g/mol. The lowest BCUT2D eigenvalue weighted by atomic mass is 9.92. The highest BCUT2D eigenvalue weighted by molar-refractivity contribution is 6.19. The Morgan fingerprint density at radius 2 is 1.90 bits per heavy atom. The molecular weight excluding hydrogens is 522 g/mol. The van der Waals surface area contributed by atoms with Crippen molar-refractivity contribution in [3.8, 4) is 22.8 Å². The summed E-state index contributed by atoms with van der Waals surface area (Å²) < 4.78 is 5.82. The average Bonchev–Trinajstić information content (AvgIpc) is 3.54. The van der Waals surface area contributed by atoms with Gasteiger partial charge in [0.2, 0.25) is 0 Å². The number of nitrogens with zero attached hydrogens (tertiary/aromatic N) is 2. The van der Waals surface area contributed by atoms with Gasteiger partial charge in [-0.2, -0.15) is 0 Å². The molecule has 4 aromatic carbocycles. The predicted molar refractivity (Wildman–Crippen MR) is 163 cm³/mol. The van der Waals surface area contributed by atoms with Crippen LogP contribution in [-0.2, 0) is 0 Å². The van der Waals surface area contributed by atoms with Crippen LogP contribution in [0.25, 0.3) is 32.9 Å². The van der Waals surface area contributed by atoms with Gasteiger partial charge < -0.3 is 24.6 Å². The first-order chi connectivity index (χ1) is 19.3. The number of rotatable bonds is 7. The maximum atomic E-state index is 13.9. The standard InChI is InChI=1S/C33H32ClN3O3/c1-20-5-4-6-26-30(38)17-29-32(31(20)26)24(18-34)19-37(29)33(39)22-9-12-27-23(15-22)16-28(35-27)21-7-10-25(11-8-21)40-14-13-36(2)3/h4-12,15-17,24,35,38H,13-14,18-19H2,1-3H3. The first kappa shape index (κ1) is 26.2. The molecule has 0 saturated carbocycles. The fourth-order valence-corrected chi connectivity index (χ4v) is 5.92. The Bertz CT molecular complexity index is 1730. The number of phenols is 1. The second kappa shape index (κ2) is 10.5. The first-order valence-electron chi connectivity index (χ1n) is 13.5. The van der Waals surface area contributed by atoms with Crippen molar-refractivity contribution in [1.29, 1.82) is 0 Å². The van der Waals surface area contributed by atoms with Gasteiger partial charge in [-0.1, -0.05) is 18.2 Å². The van der Waals surface area contributed by atoms with Crippen molar-refractivity contribution in [2.75, 3.05) is 44.6 Å². The number of aromatic nitrogens is 1. The van der Waals surface area contributed by atoms with Crippen LogP contribution < -0.4 is 9.64 Å². The topological polar surface area (TPSA) is 68.8 Å². The fraction of sp³-hybridized carbons (Fsp3) is 0.242. The van der Waals surface area contributed by atoms with Gasteiger partial charge in [-0.3, -0.25) is 4.79 Å². The van der Waals surface area contributed by atoms with Crippen molar-refractivity contribution in [3.63, 3.8) is 0 Å². The quantitative estimate of drug-likeness (QED) is 0.215. The summed E-state index contributed by atoms with van der Waals surface area (Å²) in [5.41, 5.74) is 6.39. The molecule has 5 aromatic rings. The molecule has 0 bridgehead atoms. The molecule has 2 N–H and O–H groups in total. The molecule has 7 heteroatoms. The number of phenolic OH excluding ortho intramolecular Hbond substituents is 1. The van der Waals surface area contributed by atoms with Crippen LogP contribution in [0.4, 0.5) is 5.69 Å². The van der Waals surface area contributed by atoms with Crippen LogP contribution in [0, 0.1) is 6.92 Å². The maximum absolute atomic E-state index is 13.9. The zero-order chi connectivity index (χ0) is 28.0. The minimum absolute atomic E-state index is 0.0118. The zero-order valence-electron chi connectivity index (χ0n) is 22.9. The number of carbonyl (C=O) groups is 1. The number of amides is 1. The molecule has 0 aliphatic carbocycles. The Morgan fingerprint density at radius 1 is 1.10 bits per heavy atom. The van der Waals surface area contributed by atoms with E-state index in [1.807, 2.05) is 81.7 Å². The van der Waals surface area contributed by atoms with Gasteiger partial charge in [0.05, 0.1) is 5.69 Å². The van der Waals surface area contributed by atoms with Gasteiger partial charge in [-0.15, -0.1) is 11.6 Å². The summed E-state index contributed by atoms with van der Waals surface area (Å²) >= 11 is 6.42. The third-order valence-corrected chi connectivity index (χ3v) is 8.11. The van der Waals surface area contributed by atoms with Gasteiger partial charge in [0.25, 0.3) is 5.91 Å². The molecule has 0 fully saturated rings. The Balaban J connectivity index is 1.29. The highest BCUT2D eigenvalue weighted by atomic mass is 35.5. The largest absolute Gasteiger partial charge is 0.507 e. The molecule has 6 rings (SSSR count). The fourth-order valence-electron chi connectivity index (χ4n) is 5.67. The van der Waals surface area contributed by atoms with E-state index in [-0.39, 0.29) is 17.6 Å². The van der Waals surface area contributed by atoms with E-state index in [0.29, 0.717) is 24.6 Å². The molecule has 0 saturated heterocycles. The summed E-state index contributed by atoms with van der Waals surface area (Å²) in [5.74, 6) is 1.28. The zero-order valence-corrected chi connectivity index (χ0v) is 23.6. The van der Waals surface area contributed by atoms with Gasteiger partial charge in [-0.25, -0.2) is 0 Å². The number of hydrogen-bond donors (Lipinski definition) is 2. The minimum Gasteiger partial charge on any atom is -0.507 e. The van der Waals surface area contributed by atoms with Gasteiger partial charge in [-0.05, 0) is 91.6 Å². The van der Waals surface area contributed by atoms with Crippen molar-refractivity contribution in [2.45, 2.75) is 12.8 Å². The highest BCUT2D eigenvalue weighted by Gasteiger charge is 2.35. The van der Waals surface area contributed by atoms with E-state index < -0.39 is 0 Å². The van der Waals surface area contributed by atoms with Crippen LogP contribution in [0.1, 0.15) is 27.4 Å². The molecule has 40 heavy (non-hydrogen) atoms. The van der Waals surface area contributed by atoms with Crippen LogP contribution in [0.3, 0.4) is 0 Å². The summed E-state index contributed by atoms with van der Waals surface area (Å²) in [4.78, 5) is 21.2. The molecule has 0 radical (unpaired) electrons. The number of likely N-dealkylation sites (N-methyl/N-ethyl adjacent to an activating group) is 1. The Morgan fingerprint density at radius 3 is 2.65 bits per heavy atom. The summed E-state index contributed by atoms with van der Waals surface area (Å²) in [6.07, 6.45) is 0. The molecule has 2 heterocycles. The lowest BCUT2D eigenvalue weighted by Crippen LogP contribution is -2.30. The number of alkyl halides is 1. The summed E-state index contributed by atoms with van der Waals surface area (Å²) in [5, 5.41) is 13.6. The van der Waals surface area contributed by atoms with E-state index in [2.05, 4.69) is 16.0 Å². The number of aryl methyl sites for hydroxylation is 1. The van der Waals surface area contributed by atoms with Gasteiger partial charge in [0.1, 0.15) is 18.1 Å². The smallest absolute Gasteiger partial charge is 0.258 e. The number of H-pyrrole nitrogens is 1. The summed E-state index contributed by atoms with van der Waals surface area (Å²) in [6, 6.07) is 23.4. The third-order valence-electron chi connectivity index (χ3n) is 7.74. The molecule has 1 aromatic heterocycles. The molecule has 6 nitrogen and oxygen atoms in total. The van der Waals surface area contributed by atoms with Crippen molar-refractivity contribution < 1.29 is 14.6 Å². The molecule has 1 aliphatic heterocycles. The lowest BCUT2D eigenvalue weighted by Gasteiger charge is -2.19. The monoisotopic (exact) mass is 553 g/mol. The third kappa shape index (κ3) is 4.67. The molecule has 0 spiro atoms. The molecule has 1 atom stereocenters. The number of carbonyl (C=O) groups excluding carboxylic acids is 1. The number of halogens is 1. The number of anilines is 1. The maximum Gasteiger partial charge on any atom is 0.258 e. The number of fused-ring (bicyclic) bond motifs is 4. The second-order valence-electron chi connectivity index (χ2n) is 10.8. The van der Waals surface area contributed by atoms with E-state index >= 15 is 0 Å². The van der Waals surface area contributed by atoms with E-state index in [1.54, 1.807) is 11.0 Å². The summed E-state index contributed by atoms with van der Waals surface area (Å²) in [7, 11) is 4.05. The number of ether oxygens (including phenoxy) is 1. The van der Waals surface area contributed by atoms with Crippen molar-refractivity contribution >= 4 is 44.9 Å². The summed E-state index contributed by atoms with van der Waals surface area (Å²) in [6.45, 7) is 4.00. The second-order valence-corrected chi connectivity index (χ2v) is 11.1. The lowest BCUT2D eigenvalue weighted by molar-refractivity contribution is 0.0988. The normalized spacial score (nSPS) is 14.8. The minimum atomic E-state index is -0.106. The number of nitrogens with one attached hydrogen (secondary N) is 1. The van der Waals surface area contributed by atoms with Crippen molar-refractivity contribution in [2.24, 2.45) is 0 Å². The Kier molecular flexibility index (Phi) is 6.90. The Labute approximate surface area is 238 Å². The van der Waals surface area contributed by atoms with Crippen LogP contribution in [0.15, 0.2) is 72.8 Å². The number of aromatic hydroxyl groups is 1. The van der Waals surface area contributed by atoms with E-state index in [1.165, 1.54) is 0 Å². The molecule has 1 aliphatic rings. The Hall–Kier alpha value is -4.00. The molecule has 1 amide bonds. The predicted octanol–water partition coefficient (Wildman–Crippen LogP) is 6.93. The molecular formula is C33H32ClN3O3. The van der Waals surface area contributed by atoms with E-state index in [4.69, 9.17) is 16.3 Å². The van der Waals surface area contributed by atoms with Crippen LogP contribution in [-0.4, -0.2) is 60.6 Å². The molecule has 204 valence electrons. The van der Waals surface area contributed by atoms with Gasteiger partial charge in [0, 0.05) is 58.5 Å². The van der Waals surface area contributed by atoms with Crippen molar-refractivity contribution in [3.05, 3.63) is 89.5 Å². The highest BCUT2D eigenvalue weighted by Crippen LogP contribution is 2.46. The number of hydrogen-bond acceptors (Lipinski definition) is 4. The van der Waals surface area contributed by atoms with Crippen molar-refractivity contribution in [1.82, 2.24) is 9.88 Å². The van der Waals surface area contributed by atoms with Crippen LogP contribution >= 0.6 is 11.6 Å². The molecule has 1 unspecified atom stereocenters. The van der Waals surface area contributed by atoms with Gasteiger partial charge in [0.15, 0.2) is 0 Å².